The van der Waals surface area contributed by atoms with E-state index in [0.29, 0.717) is 44.1 Å². The fourth-order valence-electron chi connectivity index (χ4n) is 5.84. The molecule has 2 aromatic carbocycles. The number of anilines is 2. The summed E-state index contributed by atoms with van der Waals surface area (Å²) >= 11 is 0. The van der Waals surface area contributed by atoms with Crippen LogP contribution in [0.15, 0.2) is 30.5 Å². The number of hydrogen-bond donors (Lipinski definition) is 1. The number of nitrogens with zero attached hydrogens (tertiary/aromatic N) is 5. The Balaban J connectivity index is 1.58. The molecule has 0 unspecified atom stereocenters. The van der Waals surface area contributed by atoms with Gasteiger partial charge in [-0.2, -0.15) is 18.2 Å². The number of pyridine rings is 1. The molecule has 43 heavy (non-hydrogen) atoms. The summed E-state index contributed by atoms with van der Waals surface area (Å²) in [5, 5.41) is 3.77. The molecular weight excluding hydrogens is 567 g/mol. The predicted octanol–water partition coefficient (Wildman–Crippen LogP) is 5.54. The molecule has 1 N–H and O–H groups in total. The van der Waals surface area contributed by atoms with Gasteiger partial charge in [0.2, 0.25) is 5.95 Å². The number of hydrogen-bond acceptors (Lipinski definition) is 7. The van der Waals surface area contributed by atoms with Crippen LogP contribution in [-0.4, -0.2) is 67.4 Å². The van der Waals surface area contributed by atoms with E-state index < -0.39 is 29.1 Å². The summed E-state index contributed by atoms with van der Waals surface area (Å²) in [7, 11) is 1.86. The highest BCUT2D eigenvalue weighted by atomic mass is 19.4. The van der Waals surface area contributed by atoms with Crippen molar-refractivity contribution in [3.63, 3.8) is 0 Å². The van der Waals surface area contributed by atoms with Crippen LogP contribution in [0.2, 0.25) is 0 Å². The van der Waals surface area contributed by atoms with Crippen LogP contribution in [0.25, 0.3) is 32.9 Å². The van der Waals surface area contributed by atoms with Gasteiger partial charge in [-0.3, -0.25) is 4.98 Å². The van der Waals surface area contributed by atoms with Gasteiger partial charge in [0.1, 0.15) is 22.8 Å². The number of likely N-dealkylation sites (N-methyl/N-ethyl adjacent to an activating group) is 1. The number of piperidine rings is 1. The molecule has 224 valence electrons. The van der Waals surface area contributed by atoms with E-state index in [1.54, 1.807) is 0 Å². The molecule has 0 radical (unpaired) electrons. The Bertz CT molecular complexity index is 1720. The molecule has 1 atom stereocenters. The molecule has 0 spiro atoms. The fraction of sp³-hybridized carbons (Fsp3) is 0.387. The van der Waals surface area contributed by atoms with Gasteiger partial charge < -0.3 is 19.9 Å². The van der Waals surface area contributed by atoms with Gasteiger partial charge in [-0.25, -0.2) is 13.8 Å². The third-order valence-electron chi connectivity index (χ3n) is 8.01. The highest BCUT2D eigenvalue weighted by Gasteiger charge is 2.33. The third-order valence-corrected chi connectivity index (χ3v) is 8.01. The molecule has 2 aliphatic rings. The molecule has 7 nitrogen and oxygen atoms in total. The summed E-state index contributed by atoms with van der Waals surface area (Å²) in [5.74, 6) is 1.17. The van der Waals surface area contributed by atoms with Gasteiger partial charge in [-0.15, -0.1) is 6.42 Å². The average Bonchev–Trinajstić information content (AvgIpc) is 3.01. The Morgan fingerprint density at radius 2 is 1.93 bits per heavy atom. The lowest BCUT2D eigenvalue weighted by Crippen LogP contribution is -2.43. The average molecular weight is 597 g/mol. The number of aromatic nitrogens is 3. The monoisotopic (exact) mass is 596 g/mol. The first-order chi connectivity index (χ1) is 20.7. The van der Waals surface area contributed by atoms with Crippen LogP contribution < -0.4 is 15.1 Å². The maximum atomic E-state index is 16.6. The minimum Gasteiger partial charge on any atom is -0.378 e. The number of fused-ring (bicyclic) bond motifs is 2. The number of morpholine rings is 1. The van der Waals surface area contributed by atoms with E-state index in [9.17, 15) is 17.6 Å². The van der Waals surface area contributed by atoms with Gasteiger partial charge in [0.15, 0.2) is 5.82 Å². The van der Waals surface area contributed by atoms with Crippen molar-refractivity contribution < 1.29 is 26.7 Å². The van der Waals surface area contributed by atoms with Crippen molar-refractivity contribution in [2.75, 3.05) is 56.2 Å². The normalized spacial score (nSPS) is 17.8. The minimum atomic E-state index is -4.75. The largest absolute Gasteiger partial charge is 0.416 e. The van der Waals surface area contributed by atoms with Crippen molar-refractivity contribution in [2.45, 2.75) is 31.5 Å². The van der Waals surface area contributed by atoms with Crippen LogP contribution in [0.4, 0.5) is 33.7 Å². The summed E-state index contributed by atoms with van der Waals surface area (Å²) < 4.78 is 78.7. The molecule has 4 heterocycles. The minimum absolute atomic E-state index is 0.0116. The van der Waals surface area contributed by atoms with E-state index in [0.717, 1.165) is 44.0 Å². The highest BCUT2D eigenvalue weighted by molar-refractivity contribution is 6.02. The molecule has 0 saturated carbocycles. The molecule has 12 heteroatoms. The molecule has 6 rings (SSSR count). The molecule has 2 fully saturated rings. The van der Waals surface area contributed by atoms with E-state index in [-0.39, 0.29) is 39.4 Å². The van der Waals surface area contributed by atoms with E-state index in [2.05, 4.69) is 21.2 Å². The third kappa shape index (κ3) is 5.55. The zero-order valence-electron chi connectivity index (χ0n) is 23.4. The lowest BCUT2D eigenvalue weighted by molar-refractivity contribution is -0.137. The van der Waals surface area contributed by atoms with Crippen molar-refractivity contribution >= 4 is 33.4 Å². The van der Waals surface area contributed by atoms with Gasteiger partial charge in [0, 0.05) is 49.9 Å². The first kappa shape index (κ1) is 29.0. The van der Waals surface area contributed by atoms with Gasteiger partial charge in [0.25, 0.3) is 0 Å². The van der Waals surface area contributed by atoms with Crippen molar-refractivity contribution in [3.8, 4) is 23.6 Å². The van der Waals surface area contributed by atoms with Crippen LogP contribution in [0.3, 0.4) is 0 Å². The summed E-state index contributed by atoms with van der Waals surface area (Å²) in [6.45, 7) is 3.37. The Kier molecular flexibility index (Phi) is 7.79. The second-order valence-electron chi connectivity index (χ2n) is 10.8. The molecule has 2 saturated heterocycles. The van der Waals surface area contributed by atoms with Crippen molar-refractivity contribution in [2.24, 2.45) is 0 Å². The Morgan fingerprint density at radius 1 is 1.14 bits per heavy atom. The maximum Gasteiger partial charge on any atom is 0.416 e. The SMILES string of the molecule is C#Cc1c(F)ccc2cc(C(F)(F)F)cc(-c3ncc4c(N(C)C[C@@H]5CCCCN5)nc(N5CCOCC5)nc4c3F)c12. The molecule has 0 aliphatic carbocycles. The molecule has 2 aliphatic heterocycles. The van der Waals surface area contributed by atoms with E-state index in [1.807, 2.05) is 16.8 Å². The molecule has 2 aromatic heterocycles. The summed E-state index contributed by atoms with van der Waals surface area (Å²) in [6.07, 6.45) is 5.36. The Labute approximate surface area is 245 Å². The number of rotatable bonds is 5. The zero-order chi connectivity index (χ0) is 30.3. The second-order valence-corrected chi connectivity index (χ2v) is 10.8. The van der Waals surface area contributed by atoms with E-state index >= 15 is 4.39 Å². The topological polar surface area (TPSA) is 66.4 Å². The Hall–Kier alpha value is -4.08. The molecule has 4 aromatic rings. The lowest BCUT2D eigenvalue weighted by atomic mass is 9.93. The smallest absolute Gasteiger partial charge is 0.378 e. The maximum absolute atomic E-state index is 16.6. The number of nitrogens with one attached hydrogen (secondary N) is 1. The highest BCUT2D eigenvalue weighted by Crippen LogP contribution is 2.41. The van der Waals surface area contributed by atoms with E-state index in [1.165, 1.54) is 12.3 Å². The number of terminal acetylenes is 1. The fourth-order valence-corrected chi connectivity index (χ4v) is 5.84. The number of halogens is 5. The van der Waals surface area contributed by atoms with Crippen molar-refractivity contribution in [1.29, 1.82) is 0 Å². The van der Waals surface area contributed by atoms with Crippen LogP contribution in [0.1, 0.15) is 30.4 Å². The number of alkyl halides is 3. The zero-order valence-corrected chi connectivity index (χ0v) is 23.4. The standard InChI is InChI=1S/C31H29F5N6O/c1-3-21-24(32)8-7-18-14-19(31(34,35)36)15-22(25(18)21)27-26(33)28-23(16-38-27)29(41(2)17-20-6-4-5-9-37-20)40-30(39-28)42-10-12-43-13-11-42/h1,7-8,14-16,20,37H,4-6,9-13,17H2,2H3/t20-/m0/s1. The van der Waals surface area contributed by atoms with E-state index in [4.69, 9.17) is 16.1 Å². The number of ether oxygens (including phenoxy) is 1. The molecule has 0 bridgehead atoms. The van der Waals surface area contributed by atoms with Crippen LogP contribution >= 0.6 is 0 Å². The Morgan fingerprint density at radius 3 is 2.63 bits per heavy atom. The molecule has 0 amide bonds. The van der Waals surface area contributed by atoms with Gasteiger partial charge in [0.05, 0.1) is 29.7 Å². The quantitative estimate of drug-likeness (QED) is 0.240. The van der Waals surface area contributed by atoms with Crippen molar-refractivity contribution in [1.82, 2.24) is 20.3 Å². The predicted molar refractivity (Wildman–Crippen MR) is 155 cm³/mol. The first-order valence-electron chi connectivity index (χ1n) is 14.1. The van der Waals surface area contributed by atoms with Crippen LogP contribution in [0.5, 0.6) is 0 Å². The molecular formula is C31H29F5N6O. The van der Waals surface area contributed by atoms with Gasteiger partial charge in [-0.1, -0.05) is 18.4 Å². The second kappa shape index (κ2) is 11.5. The summed E-state index contributed by atoms with van der Waals surface area (Å²) in [6, 6.07) is 4.01. The van der Waals surface area contributed by atoms with Crippen LogP contribution in [-0.2, 0) is 10.9 Å². The van der Waals surface area contributed by atoms with Gasteiger partial charge in [-0.05, 0) is 43.0 Å². The summed E-state index contributed by atoms with van der Waals surface area (Å²) in [4.78, 5) is 17.4. The van der Waals surface area contributed by atoms with Gasteiger partial charge >= 0.3 is 6.18 Å². The number of benzene rings is 2. The van der Waals surface area contributed by atoms with Crippen LogP contribution in [0, 0.1) is 24.0 Å². The van der Waals surface area contributed by atoms with Crippen molar-refractivity contribution in [3.05, 3.63) is 53.2 Å². The lowest BCUT2D eigenvalue weighted by Gasteiger charge is -2.31. The first-order valence-corrected chi connectivity index (χ1v) is 14.1. The summed E-state index contributed by atoms with van der Waals surface area (Å²) in [5.41, 5.74) is -2.11.